The first kappa shape index (κ1) is 14.2. The van der Waals surface area contributed by atoms with Gasteiger partial charge in [0.1, 0.15) is 5.70 Å². The molecule has 0 aromatic carbocycles. The van der Waals surface area contributed by atoms with Gasteiger partial charge in [0, 0.05) is 25.4 Å². The van der Waals surface area contributed by atoms with Crippen molar-refractivity contribution in [3.8, 4) is 0 Å². The molecule has 1 aromatic rings. The summed E-state index contributed by atoms with van der Waals surface area (Å²) >= 11 is 5.26. The monoisotopic (exact) mass is 306 g/mol. The summed E-state index contributed by atoms with van der Waals surface area (Å²) in [6.45, 7) is 3.20. The lowest BCUT2D eigenvalue weighted by molar-refractivity contribution is -0.123. The van der Waals surface area contributed by atoms with E-state index < -0.39 is 0 Å². The van der Waals surface area contributed by atoms with E-state index in [-0.39, 0.29) is 12.0 Å². The molecule has 0 spiro atoms. The van der Waals surface area contributed by atoms with Crippen LogP contribution in [-0.4, -0.2) is 45.0 Å². The van der Waals surface area contributed by atoms with E-state index in [9.17, 15) is 4.79 Å². The van der Waals surface area contributed by atoms with Gasteiger partial charge in [-0.25, -0.2) is 0 Å². The minimum Gasteiger partial charge on any atom is -0.376 e. The maximum atomic E-state index is 12.5. The number of aryl methyl sites for hydroxylation is 2. The summed E-state index contributed by atoms with van der Waals surface area (Å²) in [5.74, 6) is -0.0984. The van der Waals surface area contributed by atoms with Crippen LogP contribution < -0.4 is 5.32 Å². The highest BCUT2D eigenvalue weighted by Gasteiger charge is 2.33. The molecule has 2 saturated heterocycles. The quantitative estimate of drug-likeness (QED) is 0.666. The van der Waals surface area contributed by atoms with Crippen LogP contribution in [0.1, 0.15) is 24.1 Å². The fourth-order valence-electron chi connectivity index (χ4n) is 2.64. The molecular formula is C14H18N4O2S. The van der Waals surface area contributed by atoms with Crippen LogP contribution in [0, 0.1) is 6.92 Å². The second-order valence-electron chi connectivity index (χ2n) is 5.38. The van der Waals surface area contributed by atoms with Crippen molar-refractivity contribution in [1.82, 2.24) is 20.0 Å². The minimum absolute atomic E-state index is 0.0909. The third-order valence-electron chi connectivity index (χ3n) is 3.72. The summed E-state index contributed by atoms with van der Waals surface area (Å²) < 4.78 is 7.30. The van der Waals surface area contributed by atoms with Gasteiger partial charge in [-0.15, -0.1) is 0 Å². The number of amides is 1. The van der Waals surface area contributed by atoms with E-state index in [1.165, 1.54) is 0 Å². The number of nitrogens with zero attached hydrogens (tertiary/aromatic N) is 3. The Balaban J connectivity index is 1.77. The predicted molar refractivity (Wildman–Crippen MR) is 82.3 cm³/mol. The highest BCUT2D eigenvalue weighted by atomic mass is 32.1. The molecular weight excluding hydrogens is 288 g/mol. The van der Waals surface area contributed by atoms with Gasteiger partial charge in [-0.2, -0.15) is 5.10 Å². The number of carbonyl (C=O) groups is 1. The largest absolute Gasteiger partial charge is 0.376 e. The van der Waals surface area contributed by atoms with Crippen molar-refractivity contribution in [1.29, 1.82) is 0 Å². The molecule has 1 N–H and O–H groups in total. The van der Waals surface area contributed by atoms with E-state index in [2.05, 4.69) is 10.4 Å². The molecule has 21 heavy (non-hydrogen) atoms. The molecule has 2 aliphatic rings. The molecule has 6 nitrogen and oxygen atoms in total. The van der Waals surface area contributed by atoms with Crippen molar-refractivity contribution < 1.29 is 9.53 Å². The molecule has 2 aliphatic heterocycles. The number of hydrogen-bond donors (Lipinski definition) is 1. The third-order valence-corrected chi connectivity index (χ3v) is 4.05. The zero-order chi connectivity index (χ0) is 15.0. The van der Waals surface area contributed by atoms with Crippen LogP contribution in [0.25, 0.3) is 6.08 Å². The average Bonchev–Trinajstić information content (AvgIpc) is 3.10. The number of rotatable bonds is 3. The minimum atomic E-state index is -0.0984. The smallest absolute Gasteiger partial charge is 0.276 e. The fraction of sp³-hybridized carbons (Fsp3) is 0.500. The number of carbonyl (C=O) groups excluding carboxylic acids is 1. The van der Waals surface area contributed by atoms with E-state index in [0.717, 1.165) is 30.7 Å². The summed E-state index contributed by atoms with van der Waals surface area (Å²) in [6, 6.07) is 0. The van der Waals surface area contributed by atoms with Crippen molar-refractivity contribution in [2.45, 2.75) is 25.9 Å². The first-order valence-electron chi connectivity index (χ1n) is 7.01. The van der Waals surface area contributed by atoms with Crippen molar-refractivity contribution in [3.63, 3.8) is 0 Å². The molecule has 1 aromatic heterocycles. The summed E-state index contributed by atoms with van der Waals surface area (Å²) in [6.07, 6.45) is 5.79. The Bertz CT molecular complexity index is 616. The lowest BCUT2D eigenvalue weighted by atomic mass is 10.2. The number of aromatic nitrogens is 2. The molecule has 0 aliphatic carbocycles. The van der Waals surface area contributed by atoms with E-state index in [0.29, 0.717) is 17.4 Å². The standard InChI is InChI=1S/C14H18N4O2S/c1-9-10(7-17(2)16-9)6-12-13(19)18(14(21)15-12)8-11-4-3-5-20-11/h6-7,11H,3-5,8H2,1-2H3,(H,15,21)/b12-6-/t11-/m0/s1. The number of nitrogens with one attached hydrogen (secondary N) is 1. The van der Waals surface area contributed by atoms with Crippen LogP contribution in [0.15, 0.2) is 11.9 Å². The van der Waals surface area contributed by atoms with Crippen LogP contribution in [0.4, 0.5) is 0 Å². The molecule has 3 rings (SSSR count). The van der Waals surface area contributed by atoms with E-state index >= 15 is 0 Å². The van der Waals surface area contributed by atoms with Gasteiger partial charge >= 0.3 is 0 Å². The summed E-state index contributed by atoms with van der Waals surface area (Å²) in [5, 5.41) is 7.70. The Kier molecular flexibility index (Phi) is 3.77. The van der Waals surface area contributed by atoms with Crippen LogP contribution in [0.3, 0.4) is 0 Å². The Morgan fingerprint density at radius 3 is 3.05 bits per heavy atom. The first-order valence-corrected chi connectivity index (χ1v) is 7.42. The lowest BCUT2D eigenvalue weighted by Crippen LogP contribution is -2.37. The van der Waals surface area contributed by atoms with Gasteiger partial charge in [-0.1, -0.05) is 0 Å². The molecule has 7 heteroatoms. The first-order chi connectivity index (χ1) is 10.0. The van der Waals surface area contributed by atoms with Gasteiger partial charge in [0.25, 0.3) is 5.91 Å². The van der Waals surface area contributed by atoms with Gasteiger partial charge in [0.2, 0.25) is 0 Å². The molecule has 3 heterocycles. The number of hydrogen-bond acceptors (Lipinski definition) is 4. The Hall–Kier alpha value is -1.73. The van der Waals surface area contributed by atoms with E-state index in [1.54, 1.807) is 15.7 Å². The van der Waals surface area contributed by atoms with Crippen LogP contribution in [0.2, 0.25) is 0 Å². The highest BCUT2D eigenvalue weighted by molar-refractivity contribution is 7.80. The zero-order valence-electron chi connectivity index (χ0n) is 12.1. The summed E-state index contributed by atoms with van der Waals surface area (Å²) in [5.41, 5.74) is 2.28. The third kappa shape index (κ3) is 2.84. The van der Waals surface area contributed by atoms with Crippen molar-refractivity contribution in [3.05, 3.63) is 23.2 Å². The number of thiocarbonyl (C=S) groups is 1. The molecule has 1 atom stereocenters. The topological polar surface area (TPSA) is 59.4 Å². The highest BCUT2D eigenvalue weighted by Crippen LogP contribution is 2.19. The molecule has 0 saturated carbocycles. The van der Waals surface area contributed by atoms with Gasteiger partial charge in [0.15, 0.2) is 5.11 Å². The van der Waals surface area contributed by atoms with Gasteiger partial charge in [-0.05, 0) is 38.1 Å². The van der Waals surface area contributed by atoms with E-state index in [1.807, 2.05) is 20.2 Å². The lowest BCUT2D eigenvalue weighted by Gasteiger charge is -2.18. The second kappa shape index (κ2) is 5.57. The van der Waals surface area contributed by atoms with Gasteiger partial charge in [0.05, 0.1) is 18.3 Å². The second-order valence-corrected chi connectivity index (χ2v) is 5.77. The number of ether oxygens (including phenoxy) is 1. The predicted octanol–water partition coefficient (Wildman–Crippen LogP) is 0.965. The van der Waals surface area contributed by atoms with Crippen LogP contribution in [0.5, 0.6) is 0 Å². The summed E-state index contributed by atoms with van der Waals surface area (Å²) in [7, 11) is 1.85. The molecule has 2 fully saturated rings. The van der Waals surface area contributed by atoms with Crippen molar-refractivity contribution in [2.75, 3.05) is 13.2 Å². The maximum absolute atomic E-state index is 12.5. The Labute approximate surface area is 128 Å². The molecule has 0 radical (unpaired) electrons. The SMILES string of the molecule is Cc1nn(C)cc1/C=C1\NC(=S)N(C[C@@H]2CCCO2)C1=O. The molecule has 0 bridgehead atoms. The fourth-order valence-corrected chi connectivity index (χ4v) is 2.91. The van der Waals surface area contributed by atoms with E-state index in [4.69, 9.17) is 17.0 Å². The van der Waals surface area contributed by atoms with Crippen molar-refractivity contribution in [2.24, 2.45) is 7.05 Å². The van der Waals surface area contributed by atoms with Gasteiger partial charge < -0.3 is 10.1 Å². The summed E-state index contributed by atoms with van der Waals surface area (Å²) in [4.78, 5) is 14.0. The zero-order valence-corrected chi connectivity index (χ0v) is 12.9. The Morgan fingerprint density at radius 2 is 2.43 bits per heavy atom. The molecule has 1 amide bonds. The van der Waals surface area contributed by atoms with Gasteiger partial charge in [-0.3, -0.25) is 14.4 Å². The Morgan fingerprint density at radius 1 is 1.62 bits per heavy atom. The average molecular weight is 306 g/mol. The normalized spacial score (nSPS) is 24.2. The van der Waals surface area contributed by atoms with Crippen LogP contribution >= 0.6 is 12.2 Å². The molecule has 0 unspecified atom stereocenters. The molecule has 112 valence electrons. The maximum Gasteiger partial charge on any atom is 0.276 e. The van der Waals surface area contributed by atoms with Crippen LogP contribution in [-0.2, 0) is 16.6 Å². The van der Waals surface area contributed by atoms with Crippen molar-refractivity contribution >= 4 is 29.3 Å².